The summed E-state index contributed by atoms with van der Waals surface area (Å²) in [5.74, 6) is 1.20. The van der Waals surface area contributed by atoms with Gasteiger partial charge in [0.05, 0.1) is 11.1 Å². The summed E-state index contributed by atoms with van der Waals surface area (Å²) in [6.07, 6.45) is 0. The second-order valence-electron chi connectivity index (χ2n) is 10.5. The third-order valence-corrected chi connectivity index (χ3v) is 7.30. The maximum atomic E-state index is 13.4. The summed E-state index contributed by atoms with van der Waals surface area (Å²) >= 11 is 0. The lowest BCUT2D eigenvalue weighted by atomic mass is 9.96. The molecule has 0 aromatic heterocycles. The van der Waals surface area contributed by atoms with E-state index < -0.39 is 0 Å². The SMILES string of the molecule is Nc1ccc(Oc2ccccc2C(=O)c2ccc(C(=O)c3ccc(C(=O)c4ccccc4Oc4ccc(N)cc4)cc3)cc2)cc1. The fourth-order valence-corrected chi connectivity index (χ4v) is 4.84. The Bertz CT molecular complexity index is 1890. The molecule has 6 aromatic rings. The van der Waals surface area contributed by atoms with Crippen molar-refractivity contribution in [3.05, 3.63) is 179 Å². The lowest BCUT2D eigenvalue weighted by Gasteiger charge is -2.11. The zero-order chi connectivity index (χ0) is 32.0. The number of rotatable bonds is 10. The first-order valence-corrected chi connectivity index (χ1v) is 14.4. The largest absolute Gasteiger partial charge is 0.457 e. The van der Waals surface area contributed by atoms with Crippen LogP contribution in [0.25, 0.3) is 0 Å². The van der Waals surface area contributed by atoms with Crippen molar-refractivity contribution >= 4 is 28.7 Å². The zero-order valence-corrected chi connectivity index (χ0v) is 24.6. The highest BCUT2D eigenvalue weighted by Crippen LogP contribution is 2.29. The van der Waals surface area contributed by atoms with Gasteiger partial charge in [0.15, 0.2) is 17.3 Å². The molecule has 0 aliphatic rings. The molecule has 0 saturated carbocycles. The van der Waals surface area contributed by atoms with Crippen LogP contribution in [-0.2, 0) is 0 Å². The highest BCUT2D eigenvalue weighted by atomic mass is 16.5. The number of nitrogen functional groups attached to an aromatic ring is 2. The first kappa shape index (κ1) is 29.6. The monoisotopic (exact) mass is 604 g/mol. The minimum atomic E-state index is -0.242. The average molecular weight is 605 g/mol. The third kappa shape index (κ3) is 6.54. The van der Waals surface area contributed by atoms with Crippen LogP contribution in [0.15, 0.2) is 146 Å². The number of anilines is 2. The molecule has 0 aliphatic heterocycles. The summed E-state index contributed by atoms with van der Waals surface area (Å²) in [6.45, 7) is 0. The average Bonchev–Trinajstić information content (AvgIpc) is 3.10. The Hall–Kier alpha value is -6.47. The van der Waals surface area contributed by atoms with Crippen molar-refractivity contribution in [3.63, 3.8) is 0 Å². The number of nitrogens with two attached hydrogens (primary N) is 2. The molecule has 4 N–H and O–H groups in total. The Balaban J connectivity index is 1.16. The maximum absolute atomic E-state index is 13.4. The van der Waals surface area contributed by atoms with E-state index >= 15 is 0 Å². The highest BCUT2D eigenvalue weighted by Gasteiger charge is 2.18. The molecule has 0 bridgehead atoms. The Morgan fingerprint density at radius 2 is 0.674 bits per heavy atom. The van der Waals surface area contributed by atoms with Crippen LogP contribution in [0, 0.1) is 0 Å². The van der Waals surface area contributed by atoms with Crippen molar-refractivity contribution in [3.8, 4) is 23.0 Å². The van der Waals surface area contributed by atoms with Gasteiger partial charge in [-0.15, -0.1) is 0 Å². The van der Waals surface area contributed by atoms with Crippen LogP contribution >= 0.6 is 0 Å². The van der Waals surface area contributed by atoms with Gasteiger partial charge < -0.3 is 20.9 Å². The van der Waals surface area contributed by atoms with Gasteiger partial charge in [-0.05, 0) is 72.8 Å². The lowest BCUT2D eigenvalue weighted by molar-refractivity contribution is 0.102. The van der Waals surface area contributed by atoms with Gasteiger partial charge in [-0.1, -0.05) is 72.8 Å². The Labute approximate surface area is 265 Å². The molecule has 224 valence electrons. The predicted octanol–water partition coefficient (Wildman–Crippen LogP) is 8.13. The molecule has 7 nitrogen and oxygen atoms in total. The topological polar surface area (TPSA) is 122 Å². The molecule has 0 atom stereocenters. The fraction of sp³-hybridized carbons (Fsp3) is 0. The van der Waals surface area contributed by atoms with E-state index in [0.717, 1.165) is 0 Å². The van der Waals surface area contributed by atoms with Crippen LogP contribution < -0.4 is 20.9 Å². The second kappa shape index (κ2) is 13.0. The molecule has 0 radical (unpaired) electrons. The van der Waals surface area contributed by atoms with Crippen LogP contribution in [0.4, 0.5) is 11.4 Å². The van der Waals surface area contributed by atoms with Crippen molar-refractivity contribution in [1.29, 1.82) is 0 Å². The van der Waals surface area contributed by atoms with Gasteiger partial charge in [0, 0.05) is 33.6 Å². The van der Waals surface area contributed by atoms with Crippen molar-refractivity contribution < 1.29 is 23.9 Å². The van der Waals surface area contributed by atoms with Gasteiger partial charge >= 0.3 is 0 Å². The van der Waals surface area contributed by atoms with Crippen molar-refractivity contribution in [2.45, 2.75) is 0 Å². The smallest absolute Gasteiger partial charge is 0.196 e. The van der Waals surface area contributed by atoms with Gasteiger partial charge in [0.25, 0.3) is 0 Å². The first-order chi connectivity index (χ1) is 22.4. The Kier molecular flexibility index (Phi) is 8.38. The molecule has 0 fully saturated rings. The minimum Gasteiger partial charge on any atom is -0.457 e. The van der Waals surface area contributed by atoms with E-state index in [1.807, 2.05) is 0 Å². The van der Waals surface area contributed by atoms with E-state index in [0.29, 0.717) is 67.8 Å². The molecule has 6 aromatic carbocycles. The zero-order valence-electron chi connectivity index (χ0n) is 24.6. The van der Waals surface area contributed by atoms with Crippen LogP contribution in [0.3, 0.4) is 0 Å². The summed E-state index contributed by atoms with van der Waals surface area (Å²) in [7, 11) is 0. The maximum Gasteiger partial charge on any atom is 0.196 e. The fourth-order valence-electron chi connectivity index (χ4n) is 4.84. The number of benzene rings is 6. The summed E-state index contributed by atoms with van der Waals surface area (Å²) in [6, 6.07) is 40.7. The molecule has 0 heterocycles. The van der Waals surface area contributed by atoms with Gasteiger partial charge in [-0.3, -0.25) is 14.4 Å². The number of carbonyl (C=O) groups excluding carboxylic acids is 3. The summed E-state index contributed by atoms with van der Waals surface area (Å²) < 4.78 is 11.9. The molecule has 0 aliphatic carbocycles. The minimum absolute atomic E-state index is 0.239. The number of hydrogen-bond donors (Lipinski definition) is 2. The van der Waals surface area contributed by atoms with Crippen LogP contribution in [0.1, 0.15) is 47.8 Å². The molecular weight excluding hydrogens is 576 g/mol. The molecule has 6 rings (SSSR count). The van der Waals surface area contributed by atoms with E-state index in [-0.39, 0.29) is 17.3 Å². The summed E-state index contributed by atoms with van der Waals surface area (Å²) in [4.78, 5) is 40.1. The van der Waals surface area contributed by atoms with Crippen LogP contribution in [0.2, 0.25) is 0 Å². The van der Waals surface area contributed by atoms with Gasteiger partial charge in [-0.25, -0.2) is 0 Å². The number of ether oxygens (including phenoxy) is 2. The molecule has 0 spiro atoms. The molecule has 0 saturated heterocycles. The molecule has 7 heteroatoms. The number of carbonyl (C=O) groups is 3. The Morgan fingerprint density at radius 1 is 0.370 bits per heavy atom. The van der Waals surface area contributed by atoms with Gasteiger partial charge in [0.1, 0.15) is 23.0 Å². The van der Waals surface area contributed by atoms with Gasteiger partial charge in [-0.2, -0.15) is 0 Å². The van der Waals surface area contributed by atoms with E-state index in [4.69, 9.17) is 20.9 Å². The van der Waals surface area contributed by atoms with Crippen molar-refractivity contribution in [2.24, 2.45) is 0 Å². The standard InChI is InChI=1S/C39H28N2O5/c40-29-17-21-31(22-18-29)45-35-7-3-1-5-33(35)38(43)27-13-9-25(10-14-27)37(42)26-11-15-28(16-12-26)39(44)34-6-2-4-8-36(34)46-32-23-19-30(41)20-24-32/h1-24H,40-41H2. The van der Waals surface area contributed by atoms with Crippen molar-refractivity contribution in [2.75, 3.05) is 11.5 Å². The second-order valence-corrected chi connectivity index (χ2v) is 10.5. The Morgan fingerprint density at radius 3 is 1.02 bits per heavy atom. The quantitative estimate of drug-likeness (QED) is 0.120. The van der Waals surface area contributed by atoms with Gasteiger partial charge in [0.2, 0.25) is 0 Å². The lowest BCUT2D eigenvalue weighted by Crippen LogP contribution is -2.07. The van der Waals surface area contributed by atoms with Crippen LogP contribution in [-0.4, -0.2) is 17.3 Å². The predicted molar refractivity (Wildman–Crippen MR) is 178 cm³/mol. The number of hydrogen-bond acceptors (Lipinski definition) is 7. The van der Waals surface area contributed by atoms with Crippen molar-refractivity contribution in [1.82, 2.24) is 0 Å². The van der Waals surface area contributed by atoms with E-state index in [9.17, 15) is 14.4 Å². The van der Waals surface area contributed by atoms with E-state index in [1.54, 1.807) is 146 Å². The normalized spacial score (nSPS) is 10.6. The summed E-state index contributed by atoms with van der Waals surface area (Å²) in [5, 5.41) is 0. The third-order valence-electron chi connectivity index (χ3n) is 7.30. The summed E-state index contributed by atoms with van der Waals surface area (Å²) in [5.41, 5.74) is 15.1. The molecule has 0 amide bonds. The molecular formula is C39H28N2O5. The first-order valence-electron chi connectivity index (χ1n) is 14.4. The number of ketones is 3. The van der Waals surface area contributed by atoms with E-state index in [1.165, 1.54) is 0 Å². The molecule has 0 unspecified atom stereocenters. The van der Waals surface area contributed by atoms with Crippen LogP contribution in [0.5, 0.6) is 23.0 Å². The molecule has 46 heavy (non-hydrogen) atoms. The highest BCUT2D eigenvalue weighted by molar-refractivity contribution is 6.14. The number of para-hydroxylation sites is 2. The van der Waals surface area contributed by atoms with E-state index in [2.05, 4.69) is 0 Å².